The zero-order valence-electron chi connectivity index (χ0n) is 12.1. The lowest BCUT2D eigenvalue weighted by atomic mass is 10.2. The number of carbonyl (C=O) groups excluding carboxylic acids is 2. The lowest BCUT2D eigenvalue weighted by Crippen LogP contribution is -2.40. The maximum absolute atomic E-state index is 12.5. The molecule has 0 fully saturated rings. The molecular formula is C17H15BrN2O2. The zero-order chi connectivity index (χ0) is 15.7. The van der Waals surface area contributed by atoms with Gasteiger partial charge in [-0.25, -0.2) is 0 Å². The number of amides is 2. The lowest BCUT2D eigenvalue weighted by molar-refractivity contribution is -0.121. The van der Waals surface area contributed by atoms with Gasteiger partial charge in [0.05, 0.1) is 6.42 Å². The third kappa shape index (κ3) is 2.76. The molecule has 1 aliphatic rings. The predicted octanol–water partition coefficient (Wildman–Crippen LogP) is 3.00. The highest BCUT2D eigenvalue weighted by Gasteiger charge is 2.29. The molecule has 0 N–H and O–H groups in total. The van der Waals surface area contributed by atoms with Gasteiger partial charge in [0.2, 0.25) is 11.8 Å². The molecule has 22 heavy (non-hydrogen) atoms. The van der Waals surface area contributed by atoms with Crippen LogP contribution in [0.5, 0.6) is 0 Å². The van der Waals surface area contributed by atoms with E-state index >= 15 is 0 Å². The highest BCUT2D eigenvalue weighted by atomic mass is 79.9. The topological polar surface area (TPSA) is 40.6 Å². The van der Waals surface area contributed by atoms with Crippen LogP contribution in [0.1, 0.15) is 5.56 Å². The Hall–Kier alpha value is -2.14. The molecule has 1 heterocycles. The number of hydrogen-bond acceptors (Lipinski definition) is 2. The van der Waals surface area contributed by atoms with Crippen molar-refractivity contribution in [1.29, 1.82) is 0 Å². The molecule has 0 bridgehead atoms. The van der Waals surface area contributed by atoms with Gasteiger partial charge >= 0.3 is 0 Å². The second-order valence-electron chi connectivity index (χ2n) is 5.22. The molecule has 2 aromatic rings. The number of fused-ring (bicyclic) bond motifs is 1. The van der Waals surface area contributed by atoms with Crippen molar-refractivity contribution < 1.29 is 9.59 Å². The number of anilines is 2. The summed E-state index contributed by atoms with van der Waals surface area (Å²) in [5.41, 5.74) is 2.59. The van der Waals surface area contributed by atoms with Gasteiger partial charge in [0.25, 0.3) is 0 Å². The van der Waals surface area contributed by atoms with E-state index in [-0.39, 0.29) is 18.4 Å². The summed E-state index contributed by atoms with van der Waals surface area (Å²) in [5.74, 6) is -0.157. The molecule has 0 aliphatic carbocycles. The molecule has 0 saturated heterocycles. The highest BCUT2D eigenvalue weighted by Crippen LogP contribution is 2.31. The third-order valence-electron chi connectivity index (χ3n) is 3.79. The Labute approximate surface area is 137 Å². The normalized spacial score (nSPS) is 13.2. The first-order valence-corrected chi connectivity index (χ1v) is 7.76. The van der Waals surface area contributed by atoms with Crippen molar-refractivity contribution in [3.8, 4) is 0 Å². The monoisotopic (exact) mass is 358 g/mol. The van der Waals surface area contributed by atoms with E-state index in [2.05, 4.69) is 15.9 Å². The molecule has 0 unspecified atom stereocenters. The van der Waals surface area contributed by atoms with Gasteiger partial charge in [0.1, 0.15) is 6.54 Å². The molecule has 1 aliphatic heterocycles. The summed E-state index contributed by atoms with van der Waals surface area (Å²) in [6.07, 6.45) is 0.352. The Morgan fingerprint density at radius 3 is 2.68 bits per heavy atom. The van der Waals surface area contributed by atoms with Crippen molar-refractivity contribution in [2.75, 3.05) is 23.4 Å². The summed E-state index contributed by atoms with van der Waals surface area (Å²) >= 11 is 3.41. The number of benzene rings is 2. The van der Waals surface area contributed by atoms with Gasteiger partial charge in [0, 0.05) is 22.9 Å². The standard InChI is InChI=1S/C17H15BrN2O2/c1-19(14-5-3-2-4-6-14)17(22)11-20-15-10-13(18)8-7-12(15)9-16(20)21/h2-8,10H,9,11H2,1H3. The molecule has 0 radical (unpaired) electrons. The first kappa shape index (κ1) is 14.8. The van der Waals surface area contributed by atoms with Gasteiger partial charge < -0.3 is 9.80 Å². The molecule has 4 nitrogen and oxygen atoms in total. The summed E-state index contributed by atoms with van der Waals surface area (Å²) < 4.78 is 0.898. The third-order valence-corrected chi connectivity index (χ3v) is 4.29. The summed E-state index contributed by atoms with van der Waals surface area (Å²) in [6.45, 7) is 0.0493. The van der Waals surface area contributed by atoms with Crippen LogP contribution in [0, 0.1) is 0 Å². The predicted molar refractivity (Wildman–Crippen MR) is 90.1 cm³/mol. The zero-order valence-corrected chi connectivity index (χ0v) is 13.7. The quantitative estimate of drug-likeness (QED) is 0.846. The number of likely N-dealkylation sites (N-methyl/N-ethyl adjacent to an activating group) is 1. The number of rotatable bonds is 3. The van der Waals surface area contributed by atoms with Gasteiger partial charge in [-0.3, -0.25) is 9.59 Å². The molecule has 2 amide bonds. The lowest BCUT2D eigenvalue weighted by Gasteiger charge is -2.22. The Bertz CT molecular complexity index is 731. The SMILES string of the molecule is CN(C(=O)CN1C(=O)Cc2ccc(Br)cc21)c1ccccc1. The Morgan fingerprint density at radius 2 is 1.95 bits per heavy atom. The van der Waals surface area contributed by atoms with Crippen molar-refractivity contribution in [2.45, 2.75) is 6.42 Å². The molecule has 0 atom stereocenters. The minimum Gasteiger partial charge on any atom is -0.314 e. The second kappa shape index (κ2) is 5.93. The van der Waals surface area contributed by atoms with Crippen LogP contribution in [0.25, 0.3) is 0 Å². The van der Waals surface area contributed by atoms with Crippen LogP contribution < -0.4 is 9.80 Å². The van der Waals surface area contributed by atoms with Crippen molar-refractivity contribution in [3.63, 3.8) is 0 Å². The van der Waals surface area contributed by atoms with Crippen LogP contribution in [0.2, 0.25) is 0 Å². The summed E-state index contributed by atoms with van der Waals surface area (Å²) in [5, 5.41) is 0. The van der Waals surface area contributed by atoms with Crippen molar-refractivity contribution in [3.05, 3.63) is 58.6 Å². The molecule has 5 heteroatoms. The smallest absolute Gasteiger partial charge is 0.246 e. The van der Waals surface area contributed by atoms with Crippen LogP contribution in [-0.4, -0.2) is 25.4 Å². The minimum atomic E-state index is -0.118. The molecule has 2 aromatic carbocycles. The molecular weight excluding hydrogens is 344 g/mol. The van der Waals surface area contributed by atoms with Crippen LogP contribution in [-0.2, 0) is 16.0 Å². The number of para-hydroxylation sites is 1. The second-order valence-corrected chi connectivity index (χ2v) is 6.13. The van der Waals surface area contributed by atoms with E-state index in [1.807, 2.05) is 48.5 Å². The van der Waals surface area contributed by atoms with Crippen LogP contribution in [0.3, 0.4) is 0 Å². The van der Waals surface area contributed by atoms with E-state index in [4.69, 9.17) is 0 Å². The Morgan fingerprint density at radius 1 is 1.23 bits per heavy atom. The first-order valence-electron chi connectivity index (χ1n) is 6.96. The maximum Gasteiger partial charge on any atom is 0.246 e. The van der Waals surface area contributed by atoms with E-state index < -0.39 is 0 Å². The number of halogens is 1. The minimum absolute atomic E-state index is 0.0390. The summed E-state index contributed by atoms with van der Waals surface area (Å²) in [7, 11) is 1.72. The van der Waals surface area contributed by atoms with Crippen LogP contribution >= 0.6 is 15.9 Å². The van der Waals surface area contributed by atoms with Crippen molar-refractivity contribution in [2.24, 2.45) is 0 Å². The number of carbonyl (C=O) groups is 2. The molecule has 0 saturated carbocycles. The van der Waals surface area contributed by atoms with Crippen molar-refractivity contribution in [1.82, 2.24) is 0 Å². The Kier molecular flexibility index (Phi) is 3.98. The fourth-order valence-electron chi connectivity index (χ4n) is 2.54. The van der Waals surface area contributed by atoms with Gasteiger partial charge in [-0.15, -0.1) is 0 Å². The average molecular weight is 359 g/mol. The molecule has 0 spiro atoms. The van der Waals surface area contributed by atoms with Gasteiger partial charge in [-0.05, 0) is 29.8 Å². The van der Waals surface area contributed by atoms with E-state index in [0.29, 0.717) is 6.42 Å². The number of nitrogens with zero attached hydrogens (tertiary/aromatic N) is 2. The summed E-state index contributed by atoms with van der Waals surface area (Å²) in [6, 6.07) is 15.1. The maximum atomic E-state index is 12.5. The first-order chi connectivity index (χ1) is 10.6. The van der Waals surface area contributed by atoms with Crippen LogP contribution in [0.15, 0.2) is 53.0 Å². The van der Waals surface area contributed by atoms with E-state index in [0.717, 1.165) is 21.4 Å². The number of hydrogen-bond donors (Lipinski definition) is 0. The average Bonchev–Trinajstić information content (AvgIpc) is 2.83. The largest absolute Gasteiger partial charge is 0.314 e. The molecule has 0 aromatic heterocycles. The molecule has 112 valence electrons. The fraction of sp³-hybridized carbons (Fsp3) is 0.176. The highest BCUT2D eigenvalue weighted by molar-refractivity contribution is 9.10. The van der Waals surface area contributed by atoms with Gasteiger partial charge in [0.15, 0.2) is 0 Å². The van der Waals surface area contributed by atoms with E-state index in [1.165, 1.54) is 0 Å². The fourth-order valence-corrected chi connectivity index (χ4v) is 2.89. The summed E-state index contributed by atoms with van der Waals surface area (Å²) in [4.78, 5) is 27.8. The van der Waals surface area contributed by atoms with E-state index in [1.54, 1.807) is 16.8 Å². The van der Waals surface area contributed by atoms with Gasteiger partial charge in [-0.2, -0.15) is 0 Å². The molecule has 3 rings (SSSR count). The van der Waals surface area contributed by atoms with Crippen LogP contribution in [0.4, 0.5) is 11.4 Å². The van der Waals surface area contributed by atoms with Gasteiger partial charge in [-0.1, -0.05) is 40.2 Å². The Balaban J connectivity index is 1.80. The van der Waals surface area contributed by atoms with E-state index in [9.17, 15) is 9.59 Å². The van der Waals surface area contributed by atoms with Crippen molar-refractivity contribution >= 4 is 39.1 Å².